The van der Waals surface area contributed by atoms with Crippen molar-refractivity contribution in [1.82, 2.24) is 10.6 Å². The molecule has 0 spiro atoms. The molecule has 0 unspecified atom stereocenters. The summed E-state index contributed by atoms with van der Waals surface area (Å²) in [5.41, 5.74) is 0.877. The smallest absolute Gasteiger partial charge is 0.322 e. The molecule has 2 amide bonds. The Bertz CT molecular complexity index is 419. The highest BCUT2D eigenvalue weighted by molar-refractivity contribution is 5.86. The van der Waals surface area contributed by atoms with Gasteiger partial charge in [0.1, 0.15) is 12.6 Å². The lowest BCUT2D eigenvalue weighted by Gasteiger charge is -2.15. The van der Waals surface area contributed by atoms with Gasteiger partial charge < -0.3 is 15.7 Å². The van der Waals surface area contributed by atoms with Gasteiger partial charge in [0.05, 0.1) is 0 Å². The van der Waals surface area contributed by atoms with Crippen molar-refractivity contribution in [3.63, 3.8) is 0 Å². The van der Waals surface area contributed by atoms with E-state index in [1.165, 1.54) is 0 Å². The molecule has 0 aliphatic rings. The molecule has 0 heterocycles. The van der Waals surface area contributed by atoms with Gasteiger partial charge in [-0.1, -0.05) is 30.3 Å². The summed E-state index contributed by atoms with van der Waals surface area (Å²) in [5, 5.41) is 13.1. The highest BCUT2D eigenvalue weighted by atomic mass is 16.4. The number of benzene rings is 1. The van der Waals surface area contributed by atoms with Gasteiger partial charge in [0.15, 0.2) is 0 Å². The summed E-state index contributed by atoms with van der Waals surface area (Å²) < 4.78 is 0. The summed E-state index contributed by atoms with van der Waals surface area (Å²) in [6, 6.07) is 8.36. The normalized spacial score (nSPS) is 11.3. The molecule has 1 atom stereocenters. The number of rotatable bonds is 7. The molecule has 18 heavy (non-hydrogen) atoms. The summed E-state index contributed by atoms with van der Waals surface area (Å²) in [5.74, 6) is -1.65. The molecule has 96 valence electrons. The molecular formula is C12H14N2O4. The van der Waals surface area contributed by atoms with Gasteiger partial charge in [0.2, 0.25) is 12.3 Å². The summed E-state index contributed by atoms with van der Waals surface area (Å²) in [7, 11) is 0. The van der Waals surface area contributed by atoms with Crippen molar-refractivity contribution in [2.24, 2.45) is 0 Å². The third-order valence-electron chi connectivity index (χ3n) is 2.28. The van der Waals surface area contributed by atoms with E-state index in [1.54, 1.807) is 0 Å². The molecular weight excluding hydrogens is 236 g/mol. The van der Waals surface area contributed by atoms with Crippen LogP contribution in [0.3, 0.4) is 0 Å². The van der Waals surface area contributed by atoms with Crippen LogP contribution in [0.2, 0.25) is 0 Å². The first-order chi connectivity index (χ1) is 8.63. The SMILES string of the molecule is O=CN[C@@H](Cc1ccccc1)C(=O)NCC(=O)O. The molecule has 0 radical (unpaired) electrons. The van der Waals surface area contributed by atoms with E-state index in [4.69, 9.17) is 5.11 Å². The highest BCUT2D eigenvalue weighted by Gasteiger charge is 2.18. The summed E-state index contributed by atoms with van der Waals surface area (Å²) in [4.78, 5) is 32.4. The minimum atomic E-state index is -1.13. The molecule has 0 fully saturated rings. The van der Waals surface area contributed by atoms with E-state index < -0.39 is 24.5 Å². The van der Waals surface area contributed by atoms with Crippen molar-refractivity contribution < 1.29 is 19.5 Å². The van der Waals surface area contributed by atoms with Crippen LogP contribution >= 0.6 is 0 Å². The lowest BCUT2D eigenvalue weighted by Crippen LogP contribution is -2.46. The molecule has 0 aromatic heterocycles. The Morgan fingerprint density at radius 2 is 1.94 bits per heavy atom. The van der Waals surface area contributed by atoms with Crippen LogP contribution in [0.1, 0.15) is 5.56 Å². The zero-order chi connectivity index (χ0) is 13.4. The third-order valence-corrected chi connectivity index (χ3v) is 2.28. The Balaban J connectivity index is 2.61. The second-order valence-electron chi connectivity index (χ2n) is 3.64. The molecule has 3 N–H and O–H groups in total. The molecule has 1 aromatic carbocycles. The minimum absolute atomic E-state index is 0.311. The van der Waals surface area contributed by atoms with Gasteiger partial charge in [-0.15, -0.1) is 0 Å². The second-order valence-corrected chi connectivity index (χ2v) is 3.64. The van der Waals surface area contributed by atoms with Crippen molar-refractivity contribution >= 4 is 18.3 Å². The molecule has 6 heteroatoms. The fourth-order valence-corrected chi connectivity index (χ4v) is 1.45. The maximum absolute atomic E-state index is 11.6. The molecule has 1 aromatic rings. The Morgan fingerprint density at radius 1 is 1.28 bits per heavy atom. The van der Waals surface area contributed by atoms with Crippen molar-refractivity contribution in [3.8, 4) is 0 Å². The fraction of sp³-hybridized carbons (Fsp3) is 0.250. The molecule has 1 rings (SSSR count). The summed E-state index contributed by atoms with van der Waals surface area (Å²) in [6.07, 6.45) is 0.735. The maximum atomic E-state index is 11.6. The van der Waals surface area contributed by atoms with E-state index in [9.17, 15) is 14.4 Å². The molecule has 6 nitrogen and oxygen atoms in total. The monoisotopic (exact) mass is 250 g/mol. The number of carbonyl (C=O) groups is 3. The number of hydrogen-bond donors (Lipinski definition) is 3. The average Bonchev–Trinajstić information content (AvgIpc) is 2.36. The topological polar surface area (TPSA) is 95.5 Å². The first kappa shape index (κ1) is 13.7. The predicted molar refractivity (Wildman–Crippen MR) is 63.8 cm³/mol. The Kier molecular flexibility index (Phi) is 5.37. The van der Waals surface area contributed by atoms with Crippen molar-refractivity contribution in [3.05, 3.63) is 35.9 Å². The van der Waals surface area contributed by atoms with E-state index >= 15 is 0 Å². The van der Waals surface area contributed by atoms with Crippen LogP contribution in [-0.2, 0) is 20.8 Å². The number of carboxylic acid groups (broad SMARTS) is 1. The van der Waals surface area contributed by atoms with Crippen LogP contribution in [0.5, 0.6) is 0 Å². The van der Waals surface area contributed by atoms with Gasteiger partial charge in [-0.3, -0.25) is 14.4 Å². The number of carbonyl (C=O) groups excluding carboxylic acids is 2. The standard InChI is InChI=1S/C12H14N2O4/c15-8-14-10(12(18)13-7-11(16)17)6-9-4-2-1-3-5-9/h1-5,8,10H,6-7H2,(H,13,18)(H,14,15)(H,16,17)/t10-/m0/s1. The fourth-order valence-electron chi connectivity index (χ4n) is 1.45. The van der Waals surface area contributed by atoms with E-state index in [1.807, 2.05) is 30.3 Å². The summed E-state index contributed by atoms with van der Waals surface area (Å²) in [6.45, 7) is -0.468. The van der Waals surface area contributed by atoms with Crippen LogP contribution in [0.4, 0.5) is 0 Å². The number of aliphatic carboxylic acids is 1. The van der Waals surface area contributed by atoms with Gasteiger partial charge in [0, 0.05) is 6.42 Å². The number of amides is 2. The van der Waals surface area contributed by atoms with Gasteiger partial charge in [-0.2, -0.15) is 0 Å². The van der Waals surface area contributed by atoms with E-state index in [2.05, 4.69) is 10.6 Å². The first-order valence-corrected chi connectivity index (χ1v) is 5.36. The van der Waals surface area contributed by atoms with Crippen LogP contribution in [0.25, 0.3) is 0 Å². The lowest BCUT2D eigenvalue weighted by molar-refractivity contribution is -0.138. The molecule has 0 aliphatic heterocycles. The average molecular weight is 250 g/mol. The minimum Gasteiger partial charge on any atom is -0.480 e. The number of hydrogen-bond acceptors (Lipinski definition) is 3. The lowest BCUT2D eigenvalue weighted by atomic mass is 10.1. The van der Waals surface area contributed by atoms with Crippen molar-refractivity contribution in [2.75, 3.05) is 6.54 Å². The molecule has 0 aliphatic carbocycles. The maximum Gasteiger partial charge on any atom is 0.322 e. The van der Waals surface area contributed by atoms with Gasteiger partial charge in [0.25, 0.3) is 0 Å². The van der Waals surface area contributed by atoms with E-state index in [0.29, 0.717) is 12.8 Å². The van der Waals surface area contributed by atoms with Crippen molar-refractivity contribution in [2.45, 2.75) is 12.5 Å². The Hall–Kier alpha value is -2.37. The summed E-state index contributed by atoms with van der Waals surface area (Å²) >= 11 is 0. The number of nitrogens with one attached hydrogen (secondary N) is 2. The Labute approximate surface area is 104 Å². The quantitative estimate of drug-likeness (QED) is 0.571. The second kappa shape index (κ2) is 7.05. The molecule has 0 bridgehead atoms. The zero-order valence-electron chi connectivity index (χ0n) is 9.63. The van der Waals surface area contributed by atoms with Gasteiger partial charge >= 0.3 is 5.97 Å². The van der Waals surface area contributed by atoms with E-state index in [-0.39, 0.29) is 0 Å². The van der Waals surface area contributed by atoms with E-state index in [0.717, 1.165) is 5.56 Å². The Morgan fingerprint density at radius 3 is 2.50 bits per heavy atom. The van der Waals surface area contributed by atoms with Crippen LogP contribution in [0.15, 0.2) is 30.3 Å². The van der Waals surface area contributed by atoms with Gasteiger partial charge in [-0.25, -0.2) is 0 Å². The number of carboxylic acids is 1. The van der Waals surface area contributed by atoms with Gasteiger partial charge in [-0.05, 0) is 5.56 Å². The van der Waals surface area contributed by atoms with Crippen LogP contribution in [-0.4, -0.2) is 36.0 Å². The first-order valence-electron chi connectivity index (χ1n) is 5.36. The highest BCUT2D eigenvalue weighted by Crippen LogP contribution is 2.03. The predicted octanol–water partition coefficient (Wildman–Crippen LogP) is -0.456. The molecule has 0 saturated carbocycles. The van der Waals surface area contributed by atoms with Crippen molar-refractivity contribution in [1.29, 1.82) is 0 Å². The third kappa shape index (κ3) is 4.65. The molecule has 0 saturated heterocycles. The zero-order valence-corrected chi connectivity index (χ0v) is 9.63. The van der Waals surface area contributed by atoms with Crippen LogP contribution < -0.4 is 10.6 Å². The van der Waals surface area contributed by atoms with Crippen LogP contribution in [0, 0.1) is 0 Å². The largest absolute Gasteiger partial charge is 0.480 e.